The predicted molar refractivity (Wildman–Crippen MR) is 95.6 cm³/mol. The Bertz CT molecular complexity index is 751. The molecule has 5 heteroatoms. The van der Waals surface area contributed by atoms with Crippen molar-refractivity contribution < 1.29 is 19.1 Å². The molecule has 0 aliphatic carbocycles. The molecule has 138 valence electrons. The van der Waals surface area contributed by atoms with E-state index in [4.69, 9.17) is 9.47 Å². The molecule has 0 amide bonds. The van der Waals surface area contributed by atoms with Gasteiger partial charge in [-0.1, -0.05) is 36.4 Å². The van der Waals surface area contributed by atoms with Gasteiger partial charge < -0.3 is 14.7 Å². The summed E-state index contributed by atoms with van der Waals surface area (Å²) in [5.74, 6) is -0.257. The molecule has 4 atom stereocenters. The summed E-state index contributed by atoms with van der Waals surface area (Å²) in [6.07, 6.45) is 3.39. The Morgan fingerprint density at radius 2 is 1.85 bits per heavy atom. The van der Waals surface area contributed by atoms with Gasteiger partial charge in [0.1, 0.15) is 11.9 Å². The molecule has 3 aliphatic heterocycles. The second-order valence-electron chi connectivity index (χ2n) is 7.16. The Balaban J connectivity index is 0.000000174. The minimum atomic E-state index is -0.257. The molecule has 0 aromatic heterocycles. The maximum absolute atomic E-state index is 13.0. The molecule has 3 aliphatic rings. The van der Waals surface area contributed by atoms with Crippen molar-refractivity contribution in [2.24, 2.45) is 0 Å². The molecule has 4 nitrogen and oxygen atoms in total. The van der Waals surface area contributed by atoms with Gasteiger partial charge in [0.05, 0.1) is 24.9 Å². The van der Waals surface area contributed by atoms with Crippen LogP contribution in [0.25, 0.3) is 0 Å². The monoisotopic (exact) mass is 357 g/mol. The highest BCUT2D eigenvalue weighted by Crippen LogP contribution is 2.34. The summed E-state index contributed by atoms with van der Waals surface area (Å²) >= 11 is 0. The van der Waals surface area contributed by atoms with Crippen LogP contribution in [0.1, 0.15) is 36.1 Å². The molecular formula is C21H24FNO3. The molecule has 2 fully saturated rings. The third kappa shape index (κ3) is 3.81. The quantitative estimate of drug-likeness (QED) is 0.790. The van der Waals surface area contributed by atoms with Crippen LogP contribution in [0.3, 0.4) is 0 Å². The number of nitrogens with zero attached hydrogens (tertiary/aromatic N) is 1. The summed E-state index contributed by atoms with van der Waals surface area (Å²) in [4.78, 5) is 0. The second kappa shape index (κ2) is 7.45. The van der Waals surface area contributed by atoms with E-state index < -0.39 is 0 Å². The SMILES string of the molecule is C[C@@H]1C[C@@H]2O[C@@H]2CO1.ON1CCc2ccccc2[C@@H]1c1ccc(F)cc1. The lowest BCUT2D eigenvalue weighted by Crippen LogP contribution is -2.33. The molecule has 2 aromatic carbocycles. The normalized spacial score (nSPS) is 29.8. The van der Waals surface area contributed by atoms with Crippen molar-refractivity contribution in [3.63, 3.8) is 0 Å². The van der Waals surface area contributed by atoms with Gasteiger partial charge in [-0.15, -0.1) is 0 Å². The van der Waals surface area contributed by atoms with Crippen molar-refractivity contribution in [1.82, 2.24) is 5.06 Å². The van der Waals surface area contributed by atoms with Gasteiger partial charge in [-0.05, 0) is 42.2 Å². The first-order valence-electron chi connectivity index (χ1n) is 9.17. The molecular weight excluding hydrogens is 333 g/mol. The molecule has 0 spiro atoms. The van der Waals surface area contributed by atoms with Crippen LogP contribution in [0.2, 0.25) is 0 Å². The molecule has 0 unspecified atom stereocenters. The molecule has 2 aromatic rings. The van der Waals surface area contributed by atoms with E-state index in [0.29, 0.717) is 24.9 Å². The fourth-order valence-electron chi connectivity index (χ4n) is 3.74. The van der Waals surface area contributed by atoms with Gasteiger partial charge >= 0.3 is 0 Å². The van der Waals surface area contributed by atoms with Crippen LogP contribution in [0, 0.1) is 5.82 Å². The summed E-state index contributed by atoms with van der Waals surface area (Å²) in [6.45, 7) is 3.52. The first kappa shape index (κ1) is 17.6. The summed E-state index contributed by atoms with van der Waals surface area (Å²) in [5.41, 5.74) is 3.25. The first-order chi connectivity index (χ1) is 12.6. The zero-order valence-electron chi connectivity index (χ0n) is 14.8. The standard InChI is InChI=1S/C15H14FNO.C6H10O2/c16-13-7-5-12(6-8-13)15-14-4-2-1-3-11(14)9-10-17(15)18;1-4-2-5-6(8-5)3-7-4/h1-8,15,18H,9-10H2;4-6H,2-3H2,1H3/t15-;4-,5+,6-/m01/s1. The number of fused-ring (bicyclic) bond motifs is 2. The molecule has 1 N–H and O–H groups in total. The molecule has 0 radical (unpaired) electrons. The van der Waals surface area contributed by atoms with E-state index in [0.717, 1.165) is 30.6 Å². The van der Waals surface area contributed by atoms with Crippen LogP contribution in [-0.2, 0) is 15.9 Å². The van der Waals surface area contributed by atoms with Crippen LogP contribution < -0.4 is 0 Å². The topological polar surface area (TPSA) is 45.2 Å². The van der Waals surface area contributed by atoms with E-state index in [9.17, 15) is 9.60 Å². The number of hydrogen-bond donors (Lipinski definition) is 1. The van der Waals surface area contributed by atoms with Gasteiger partial charge in [0.2, 0.25) is 0 Å². The maximum atomic E-state index is 13.0. The summed E-state index contributed by atoms with van der Waals surface area (Å²) in [7, 11) is 0. The smallest absolute Gasteiger partial charge is 0.123 e. The number of rotatable bonds is 1. The van der Waals surface area contributed by atoms with E-state index in [2.05, 4.69) is 13.0 Å². The van der Waals surface area contributed by atoms with Crippen LogP contribution in [0.15, 0.2) is 48.5 Å². The Morgan fingerprint density at radius 1 is 1.08 bits per heavy atom. The largest absolute Gasteiger partial charge is 0.376 e. The predicted octanol–water partition coefficient (Wildman–Crippen LogP) is 3.73. The highest BCUT2D eigenvalue weighted by Gasteiger charge is 2.43. The third-order valence-corrected chi connectivity index (χ3v) is 5.24. The van der Waals surface area contributed by atoms with Crippen LogP contribution in [0.5, 0.6) is 0 Å². The first-order valence-corrected chi connectivity index (χ1v) is 9.17. The minimum absolute atomic E-state index is 0.199. The molecule has 0 bridgehead atoms. The summed E-state index contributed by atoms with van der Waals surface area (Å²) in [5, 5.41) is 11.4. The van der Waals surface area contributed by atoms with Gasteiger partial charge in [-0.25, -0.2) is 4.39 Å². The number of halogens is 1. The Hall–Kier alpha value is -1.79. The molecule has 5 rings (SSSR count). The zero-order valence-corrected chi connectivity index (χ0v) is 14.8. The van der Waals surface area contributed by atoms with E-state index in [-0.39, 0.29) is 11.9 Å². The Kier molecular flexibility index (Phi) is 5.05. The minimum Gasteiger partial charge on any atom is -0.376 e. The number of benzene rings is 2. The molecule has 26 heavy (non-hydrogen) atoms. The maximum Gasteiger partial charge on any atom is 0.123 e. The van der Waals surface area contributed by atoms with Gasteiger partial charge in [0.15, 0.2) is 0 Å². The molecule has 0 saturated carbocycles. The highest BCUT2D eigenvalue weighted by molar-refractivity contribution is 5.39. The number of hydrogen-bond acceptors (Lipinski definition) is 4. The van der Waals surface area contributed by atoms with Crippen molar-refractivity contribution in [3.8, 4) is 0 Å². The second-order valence-corrected chi connectivity index (χ2v) is 7.16. The third-order valence-electron chi connectivity index (χ3n) is 5.24. The lowest BCUT2D eigenvalue weighted by Gasteiger charge is -2.33. The highest BCUT2D eigenvalue weighted by atomic mass is 19.1. The average Bonchev–Trinajstić information content (AvgIpc) is 3.42. The fraction of sp³-hybridized carbons (Fsp3) is 0.429. The van der Waals surface area contributed by atoms with Crippen molar-refractivity contribution in [2.45, 2.75) is 44.1 Å². The lowest BCUT2D eigenvalue weighted by molar-refractivity contribution is -0.121. The summed E-state index contributed by atoms with van der Waals surface area (Å²) < 4.78 is 23.5. The number of epoxide rings is 1. The van der Waals surface area contributed by atoms with Gasteiger partial charge in [0.25, 0.3) is 0 Å². The number of ether oxygens (including phenoxy) is 2. The lowest BCUT2D eigenvalue weighted by atomic mass is 9.89. The van der Waals surface area contributed by atoms with Crippen molar-refractivity contribution >= 4 is 0 Å². The van der Waals surface area contributed by atoms with Crippen LogP contribution in [-0.4, -0.2) is 41.7 Å². The van der Waals surface area contributed by atoms with E-state index in [1.165, 1.54) is 22.8 Å². The fourth-order valence-corrected chi connectivity index (χ4v) is 3.74. The van der Waals surface area contributed by atoms with Gasteiger partial charge in [-0.3, -0.25) is 0 Å². The van der Waals surface area contributed by atoms with Gasteiger partial charge in [0, 0.05) is 13.0 Å². The van der Waals surface area contributed by atoms with E-state index in [1.807, 2.05) is 18.2 Å². The van der Waals surface area contributed by atoms with Crippen molar-refractivity contribution in [1.29, 1.82) is 0 Å². The van der Waals surface area contributed by atoms with Gasteiger partial charge in [-0.2, -0.15) is 5.06 Å². The van der Waals surface area contributed by atoms with E-state index >= 15 is 0 Å². The molecule has 2 saturated heterocycles. The van der Waals surface area contributed by atoms with Crippen molar-refractivity contribution in [2.75, 3.05) is 13.2 Å². The van der Waals surface area contributed by atoms with Crippen molar-refractivity contribution in [3.05, 3.63) is 71.0 Å². The zero-order chi connectivity index (χ0) is 18.1. The van der Waals surface area contributed by atoms with Crippen LogP contribution >= 0.6 is 0 Å². The summed E-state index contributed by atoms with van der Waals surface area (Å²) in [6, 6.07) is 14.2. The number of hydroxylamine groups is 2. The Morgan fingerprint density at radius 3 is 2.58 bits per heavy atom. The van der Waals surface area contributed by atoms with Crippen LogP contribution in [0.4, 0.5) is 4.39 Å². The Labute approximate surface area is 153 Å². The average molecular weight is 357 g/mol. The molecule has 3 heterocycles. The van der Waals surface area contributed by atoms with E-state index in [1.54, 1.807) is 12.1 Å².